The molecule has 132 valence electrons. The summed E-state index contributed by atoms with van der Waals surface area (Å²) in [4.78, 5) is 22.9. The minimum absolute atomic E-state index is 0.254. The number of nitrogens with one attached hydrogen (secondary N) is 1. The molecule has 1 amide bonds. The fourth-order valence-electron chi connectivity index (χ4n) is 2.29. The lowest BCUT2D eigenvalue weighted by atomic mass is 9.84. The van der Waals surface area contributed by atoms with Crippen molar-refractivity contribution in [3.05, 3.63) is 64.7 Å². The zero-order valence-corrected chi connectivity index (χ0v) is 14.8. The van der Waals surface area contributed by atoms with E-state index in [-0.39, 0.29) is 11.3 Å². The van der Waals surface area contributed by atoms with Crippen LogP contribution in [0.4, 0.5) is 0 Å². The summed E-state index contributed by atoms with van der Waals surface area (Å²) in [5.41, 5.74) is 1.14. The molecule has 0 aliphatic carbocycles. The molecule has 0 aromatic heterocycles. The topological polar surface area (TPSA) is 75.6 Å². The van der Waals surface area contributed by atoms with Gasteiger partial charge in [0.2, 0.25) is 0 Å². The van der Waals surface area contributed by atoms with Gasteiger partial charge in [-0.15, -0.1) is 0 Å². The van der Waals surface area contributed by atoms with E-state index in [9.17, 15) is 9.59 Å². The van der Waals surface area contributed by atoms with Gasteiger partial charge in [-0.25, -0.2) is 4.79 Å². The highest BCUT2D eigenvalue weighted by Crippen LogP contribution is 2.25. The van der Waals surface area contributed by atoms with Crippen molar-refractivity contribution in [2.75, 3.05) is 13.2 Å². The van der Waals surface area contributed by atoms with Crippen LogP contribution in [0.3, 0.4) is 0 Å². The molecule has 2 N–H and O–H groups in total. The molecule has 0 saturated carbocycles. The summed E-state index contributed by atoms with van der Waals surface area (Å²) >= 11 is 6.04. The third-order valence-electron chi connectivity index (χ3n) is 3.76. The van der Waals surface area contributed by atoms with E-state index in [0.717, 1.165) is 5.56 Å². The molecule has 0 spiro atoms. The van der Waals surface area contributed by atoms with Gasteiger partial charge in [-0.2, -0.15) is 0 Å². The first-order valence-electron chi connectivity index (χ1n) is 7.77. The van der Waals surface area contributed by atoms with E-state index >= 15 is 0 Å². The van der Waals surface area contributed by atoms with Gasteiger partial charge < -0.3 is 15.2 Å². The van der Waals surface area contributed by atoms with E-state index in [1.807, 2.05) is 38.1 Å². The van der Waals surface area contributed by atoms with E-state index in [1.165, 1.54) is 6.07 Å². The van der Waals surface area contributed by atoms with E-state index in [1.54, 1.807) is 18.2 Å². The summed E-state index contributed by atoms with van der Waals surface area (Å²) in [7, 11) is 0. The Kier molecular flexibility index (Phi) is 6.04. The van der Waals surface area contributed by atoms with Crippen molar-refractivity contribution in [1.29, 1.82) is 0 Å². The molecule has 0 aliphatic heterocycles. The Morgan fingerprint density at radius 2 is 1.88 bits per heavy atom. The van der Waals surface area contributed by atoms with Gasteiger partial charge in [0.25, 0.3) is 5.91 Å². The summed E-state index contributed by atoms with van der Waals surface area (Å²) < 4.78 is 5.09. The second kappa shape index (κ2) is 8.03. The lowest BCUT2D eigenvalue weighted by Crippen LogP contribution is -2.36. The van der Waals surface area contributed by atoms with Crippen LogP contribution in [0.5, 0.6) is 5.75 Å². The normalized spacial score (nSPS) is 11.0. The molecule has 0 atom stereocenters. The van der Waals surface area contributed by atoms with Crippen LogP contribution < -0.4 is 10.1 Å². The molecule has 5 nitrogen and oxygen atoms in total. The largest absolute Gasteiger partial charge is 0.482 e. The maximum absolute atomic E-state index is 12.4. The molecular formula is C19H20ClNO4. The molecule has 6 heteroatoms. The van der Waals surface area contributed by atoms with Gasteiger partial charge in [0, 0.05) is 22.5 Å². The lowest BCUT2D eigenvalue weighted by Gasteiger charge is -2.26. The Balaban J connectivity index is 2.02. The van der Waals surface area contributed by atoms with Gasteiger partial charge in [-0.05, 0) is 35.9 Å². The Bertz CT molecular complexity index is 774. The number of carboxylic acid groups (broad SMARTS) is 1. The molecule has 25 heavy (non-hydrogen) atoms. The summed E-state index contributed by atoms with van der Waals surface area (Å²) in [5, 5.41) is 12.2. The Labute approximate surface area is 151 Å². The van der Waals surface area contributed by atoms with E-state index < -0.39 is 12.6 Å². The molecular weight excluding hydrogens is 342 g/mol. The monoisotopic (exact) mass is 361 g/mol. The molecule has 2 aromatic rings. The molecule has 0 bridgehead atoms. The number of hydrogen-bond acceptors (Lipinski definition) is 3. The van der Waals surface area contributed by atoms with Crippen LogP contribution in [0, 0.1) is 0 Å². The predicted octanol–water partition coefficient (Wildman–Crippen LogP) is 3.51. The van der Waals surface area contributed by atoms with Crippen LogP contribution in [0.15, 0.2) is 48.5 Å². The van der Waals surface area contributed by atoms with Crippen LogP contribution >= 0.6 is 11.6 Å². The quantitative estimate of drug-likeness (QED) is 0.791. The number of benzene rings is 2. The highest BCUT2D eigenvalue weighted by molar-refractivity contribution is 6.30. The van der Waals surface area contributed by atoms with Gasteiger partial charge in [0.05, 0.1) is 0 Å². The van der Waals surface area contributed by atoms with Gasteiger partial charge in [0.1, 0.15) is 5.75 Å². The number of carboxylic acids is 1. The van der Waals surface area contributed by atoms with Crippen LogP contribution in [0.1, 0.15) is 29.8 Å². The molecule has 0 saturated heterocycles. The molecule has 0 radical (unpaired) electrons. The van der Waals surface area contributed by atoms with Crippen molar-refractivity contribution < 1.29 is 19.4 Å². The van der Waals surface area contributed by atoms with Crippen molar-refractivity contribution in [2.24, 2.45) is 0 Å². The average Bonchev–Trinajstić information content (AvgIpc) is 2.58. The molecule has 2 aromatic carbocycles. The van der Waals surface area contributed by atoms with Crippen LogP contribution in [-0.4, -0.2) is 30.1 Å². The Hall–Kier alpha value is -2.53. The summed E-state index contributed by atoms with van der Waals surface area (Å²) in [6, 6.07) is 14.0. The number of aliphatic carboxylic acids is 1. The second-order valence-electron chi connectivity index (χ2n) is 6.29. The third kappa shape index (κ3) is 5.50. The zero-order chi connectivity index (χ0) is 18.4. The van der Waals surface area contributed by atoms with Crippen molar-refractivity contribution in [3.8, 4) is 5.75 Å². The SMILES string of the molecule is CC(C)(CNC(=O)c1cccc(OCC(=O)O)c1)c1cccc(Cl)c1. The number of halogens is 1. The second-order valence-corrected chi connectivity index (χ2v) is 6.72. The Morgan fingerprint density at radius 1 is 1.16 bits per heavy atom. The fourth-order valence-corrected chi connectivity index (χ4v) is 2.48. The summed E-state index contributed by atoms with van der Waals surface area (Å²) in [5.74, 6) is -0.988. The van der Waals surface area contributed by atoms with Crippen molar-refractivity contribution >= 4 is 23.5 Å². The first-order chi connectivity index (χ1) is 11.8. The number of hydrogen-bond donors (Lipinski definition) is 2. The molecule has 0 heterocycles. The van der Waals surface area contributed by atoms with E-state index in [2.05, 4.69) is 5.32 Å². The summed E-state index contributed by atoms with van der Waals surface area (Å²) in [6.45, 7) is 4.01. The minimum Gasteiger partial charge on any atom is -0.482 e. The Morgan fingerprint density at radius 3 is 2.56 bits per heavy atom. The lowest BCUT2D eigenvalue weighted by molar-refractivity contribution is -0.139. The maximum Gasteiger partial charge on any atom is 0.341 e. The van der Waals surface area contributed by atoms with Gasteiger partial charge in [-0.3, -0.25) is 4.79 Å². The first kappa shape index (κ1) is 18.8. The smallest absolute Gasteiger partial charge is 0.341 e. The zero-order valence-electron chi connectivity index (χ0n) is 14.1. The van der Waals surface area contributed by atoms with Crippen molar-refractivity contribution in [3.63, 3.8) is 0 Å². The molecule has 2 rings (SSSR count). The number of carbonyl (C=O) groups excluding carboxylic acids is 1. The van der Waals surface area contributed by atoms with E-state index in [4.69, 9.17) is 21.4 Å². The first-order valence-corrected chi connectivity index (χ1v) is 8.14. The van der Waals surface area contributed by atoms with Crippen LogP contribution in [0.25, 0.3) is 0 Å². The van der Waals surface area contributed by atoms with Gasteiger partial charge in [-0.1, -0.05) is 43.6 Å². The molecule has 0 unspecified atom stereocenters. The maximum atomic E-state index is 12.4. The number of amides is 1. The van der Waals surface area contributed by atoms with Crippen LogP contribution in [-0.2, 0) is 10.2 Å². The highest BCUT2D eigenvalue weighted by atomic mass is 35.5. The average molecular weight is 362 g/mol. The molecule has 0 aliphatic rings. The number of rotatable bonds is 7. The molecule has 0 fully saturated rings. The van der Waals surface area contributed by atoms with Gasteiger partial charge >= 0.3 is 5.97 Å². The van der Waals surface area contributed by atoms with Crippen molar-refractivity contribution in [2.45, 2.75) is 19.3 Å². The predicted molar refractivity (Wildman–Crippen MR) is 96.4 cm³/mol. The summed E-state index contributed by atoms with van der Waals surface area (Å²) in [6.07, 6.45) is 0. The number of carbonyl (C=O) groups is 2. The third-order valence-corrected chi connectivity index (χ3v) is 3.99. The standard InChI is InChI=1S/C19H20ClNO4/c1-19(2,14-6-4-7-15(20)10-14)12-21-18(24)13-5-3-8-16(9-13)25-11-17(22)23/h3-10H,11-12H2,1-2H3,(H,21,24)(H,22,23). The fraction of sp³-hybridized carbons (Fsp3) is 0.263. The van der Waals surface area contributed by atoms with E-state index in [0.29, 0.717) is 22.9 Å². The van der Waals surface area contributed by atoms with Crippen molar-refractivity contribution in [1.82, 2.24) is 5.32 Å². The van der Waals surface area contributed by atoms with Gasteiger partial charge in [0.15, 0.2) is 6.61 Å². The highest BCUT2D eigenvalue weighted by Gasteiger charge is 2.22. The van der Waals surface area contributed by atoms with Crippen LogP contribution in [0.2, 0.25) is 5.02 Å². The minimum atomic E-state index is -1.07. The number of ether oxygens (including phenoxy) is 1.